The Balaban J connectivity index is 1.36. The Morgan fingerprint density at radius 1 is 1.35 bits per heavy atom. The molecule has 2 aliphatic carbocycles. The molecule has 20 heavy (non-hydrogen) atoms. The molecule has 1 N–H and O–H groups in total. The maximum Gasteiger partial charge on any atom is 0.223 e. The second kappa shape index (κ2) is 4.16. The van der Waals surface area contributed by atoms with Crippen LogP contribution in [0.3, 0.4) is 0 Å². The Morgan fingerprint density at radius 2 is 2.15 bits per heavy atom. The minimum Gasteiger partial charge on any atom is -0.352 e. The summed E-state index contributed by atoms with van der Waals surface area (Å²) in [6.07, 6.45) is 4.89. The molecule has 2 fully saturated rings. The van der Waals surface area contributed by atoms with Gasteiger partial charge in [-0.15, -0.1) is 0 Å². The van der Waals surface area contributed by atoms with Gasteiger partial charge >= 0.3 is 0 Å². The van der Waals surface area contributed by atoms with Gasteiger partial charge in [-0.2, -0.15) is 4.98 Å². The van der Waals surface area contributed by atoms with Crippen molar-refractivity contribution in [3.05, 3.63) is 36.2 Å². The van der Waals surface area contributed by atoms with Crippen molar-refractivity contribution >= 4 is 5.91 Å². The third-order valence-corrected chi connectivity index (χ3v) is 4.44. The van der Waals surface area contributed by atoms with Crippen molar-refractivity contribution in [2.45, 2.75) is 25.8 Å². The topological polar surface area (TPSA) is 68.0 Å². The van der Waals surface area contributed by atoms with Crippen LogP contribution in [0, 0.1) is 11.3 Å². The second-order valence-corrected chi connectivity index (χ2v) is 5.79. The summed E-state index contributed by atoms with van der Waals surface area (Å²) in [6.45, 7) is 0.581. The molecule has 5 nitrogen and oxygen atoms in total. The zero-order valence-corrected chi connectivity index (χ0v) is 11.0. The summed E-state index contributed by atoms with van der Waals surface area (Å²) in [5.74, 6) is 1.07. The molecule has 1 aromatic heterocycles. The number of carbonyl (C=O) groups is 1. The fourth-order valence-electron chi connectivity index (χ4n) is 2.81. The zero-order chi connectivity index (χ0) is 13.6. The number of hydrogen-bond acceptors (Lipinski definition) is 4. The quantitative estimate of drug-likeness (QED) is 0.923. The monoisotopic (exact) mass is 269 g/mol. The third kappa shape index (κ3) is 1.99. The van der Waals surface area contributed by atoms with Crippen molar-refractivity contribution < 1.29 is 9.32 Å². The zero-order valence-electron chi connectivity index (χ0n) is 11.0. The predicted molar refractivity (Wildman–Crippen MR) is 71.4 cm³/mol. The first-order chi connectivity index (χ1) is 9.77. The third-order valence-electron chi connectivity index (χ3n) is 4.44. The summed E-state index contributed by atoms with van der Waals surface area (Å²) in [5.41, 5.74) is 2.41. The lowest BCUT2D eigenvalue weighted by atomic mass is 10.1. The molecule has 2 saturated carbocycles. The summed E-state index contributed by atoms with van der Waals surface area (Å²) in [5, 5.41) is 6.81. The van der Waals surface area contributed by atoms with E-state index >= 15 is 0 Å². The number of nitrogens with one attached hydrogen (secondary N) is 1. The summed E-state index contributed by atoms with van der Waals surface area (Å²) in [7, 11) is 0. The van der Waals surface area contributed by atoms with E-state index in [2.05, 4.69) is 15.5 Å². The van der Waals surface area contributed by atoms with Crippen LogP contribution < -0.4 is 5.32 Å². The molecule has 0 unspecified atom stereocenters. The van der Waals surface area contributed by atoms with Gasteiger partial charge in [-0.05, 0) is 30.2 Å². The molecule has 0 saturated heterocycles. The van der Waals surface area contributed by atoms with Gasteiger partial charge < -0.3 is 9.84 Å². The summed E-state index contributed by atoms with van der Waals surface area (Å²) in [6, 6.07) is 7.83. The molecule has 0 radical (unpaired) electrons. The lowest BCUT2D eigenvalue weighted by molar-refractivity contribution is -0.122. The van der Waals surface area contributed by atoms with Crippen LogP contribution in [0.4, 0.5) is 0 Å². The van der Waals surface area contributed by atoms with Crippen LogP contribution in [-0.4, -0.2) is 16.0 Å². The standard InChI is InChI=1S/C15H15N3O2/c19-14(12-7-15(12)5-6-15)16-8-10-1-3-11(4-2-10)13-17-9-20-18-13/h1-4,9,12H,5-8H2,(H,16,19)/t12-/m0/s1. The highest BCUT2D eigenvalue weighted by Gasteiger charge is 2.65. The van der Waals surface area contributed by atoms with Crippen molar-refractivity contribution in [3.63, 3.8) is 0 Å². The van der Waals surface area contributed by atoms with E-state index in [9.17, 15) is 4.79 Å². The number of nitrogens with zero attached hydrogens (tertiary/aromatic N) is 2. The fourth-order valence-corrected chi connectivity index (χ4v) is 2.81. The van der Waals surface area contributed by atoms with Crippen LogP contribution in [0.1, 0.15) is 24.8 Å². The number of carbonyl (C=O) groups excluding carboxylic acids is 1. The van der Waals surface area contributed by atoms with Gasteiger partial charge in [0, 0.05) is 18.0 Å². The van der Waals surface area contributed by atoms with Crippen molar-refractivity contribution in [1.82, 2.24) is 15.5 Å². The average Bonchev–Trinajstić information content (AvgIpc) is 3.35. The van der Waals surface area contributed by atoms with E-state index in [1.54, 1.807) is 0 Å². The van der Waals surface area contributed by atoms with Gasteiger partial charge in [0.2, 0.25) is 18.1 Å². The van der Waals surface area contributed by atoms with Crippen LogP contribution in [0.5, 0.6) is 0 Å². The van der Waals surface area contributed by atoms with Crippen molar-refractivity contribution in [2.24, 2.45) is 11.3 Å². The van der Waals surface area contributed by atoms with E-state index in [4.69, 9.17) is 4.52 Å². The van der Waals surface area contributed by atoms with E-state index in [1.807, 2.05) is 24.3 Å². The largest absolute Gasteiger partial charge is 0.352 e. The van der Waals surface area contributed by atoms with Crippen LogP contribution in [0.2, 0.25) is 0 Å². The maximum absolute atomic E-state index is 11.9. The molecule has 0 bridgehead atoms. The van der Waals surface area contributed by atoms with Gasteiger partial charge in [-0.1, -0.05) is 29.4 Å². The molecular weight excluding hydrogens is 254 g/mol. The Labute approximate surface area is 116 Å². The van der Waals surface area contributed by atoms with Crippen LogP contribution in [-0.2, 0) is 11.3 Å². The molecule has 1 amide bonds. The molecule has 2 aliphatic rings. The SMILES string of the molecule is O=C(NCc1ccc(-c2ncon2)cc1)[C@@H]1CC12CC2. The molecule has 1 heterocycles. The smallest absolute Gasteiger partial charge is 0.223 e. The Bertz CT molecular complexity index is 630. The predicted octanol–water partition coefficient (Wildman–Crippen LogP) is 2.15. The van der Waals surface area contributed by atoms with Crippen molar-refractivity contribution in [2.75, 3.05) is 0 Å². The average molecular weight is 269 g/mol. The number of benzene rings is 1. The Morgan fingerprint density at radius 3 is 2.75 bits per heavy atom. The highest BCUT2D eigenvalue weighted by Crippen LogP contribution is 2.70. The highest BCUT2D eigenvalue weighted by atomic mass is 16.5. The van der Waals surface area contributed by atoms with Gasteiger partial charge in [-0.25, -0.2) is 0 Å². The first kappa shape index (κ1) is 11.6. The van der Waals surface area contributed by atoms with Crippen LogP contribution in [0.15, 0.2) is 35.2 Å². The lowest BCUT2D eigenvalue weighted by Crippen LogP contribution is -2.25. The van der Waals surface area contributed by atoms with E-state index in [1.165, 1.54) is 19.2 Å². The minimum atomic E-state index is 0.213. The molecule has 102 valence electrons. The minimum absolute atomic E-state index is 0.213. The number of hydrogen-bond donors (Lipinski definition) is 1. The van der Waals surface area contributed by atoms with Crippen LogP contribution >= 0.6 is 0 Å². The molecule has 4 rings (SSSR count). The molecule has 2 aromatic rings. The number of amides is 1. The molecule has 5 heteroatoms. The fraction of sp³-hybridized carbons (Fsp3) is 0.400. The maximum atomic E-state index is 11.9. The normalized spacial score (nSPS) is 21.7. The summed E-state index contributed by atoms with van der Waals surface area (Å²) < 4.78 is 4.72. The summed E-state index contributed by atoms with van der Waals surface area (Å²) in [4.78, 5) is 15.9. The van der Waals surface area contributed by atoms with Crippen molar-refractivity contribution in [3.8, 4) is 11.4 Å². The van der Waals surface area contributed by atoms with Gasteiger partial charge in [0.25, 0.3) is 0 Å². The van der Waals surface area contributed by atoms with Gasteiger partial charge in [0.15, 0.2) is 0 Å². The lowest BCUT2D eigenvalue weighted by Gasteiger charge is -2.05. The molecule has 1 atom stereocenters. The summed E-state index contributed by atoms with van der Waals surface area (Å²) >= 11 is 0. The van der Waals surface area contributed by atoms with E-state index in [0.717, 1.165) is 17.5 Å². The Kier molecular flexibility index (Phi) is 2.42. The second-order valence-electron chi connectivity index (χ2n) is 5.79. The molecule has 1 aromatic carbocycles. The van der Waals surface area contributed by atoms with Gasteiger partial charge in [-0.3, -0.25) is 4.79 Å². The Hall–Kier alpha value is -2.17. The van der Waals surface area contributed by atoms with E-state index in [0.29, 0.717) is 17.8 Å². The van der Waals surface area contributed by atoms with Crippen molar-refractivity contribution in [1.29, 1.82) is 0 Å². The van der Waals surface area contributed by atoms with Crippen LogP contribution in [0.25, 0.3) is 11.4 Å². The first-order valence-electron chi connectivity index (χ1n) is 6.90. The first-order valence-corrected chi connectivity index (χ1v) is 6.90. The molecular formula is C15H15N3O2. The molecule has 1 spiro atoms. The van der Waals surface area contributed by atoms with E-state index in [-0.39, 0.29) is 11.8 Å². The van der Waals surface area contributed by atoms with E-state index < -0.39 is 0 Å². The number of aromatic nitrogens is 2. The van der Waals surface area contributed by atoms with Gasteiger partial charge in [0.1, 0.15) is 0 Å². The van der Waals surface area contributed by atoms with Gasteiger partial charge in [0.05, 0.1) is 0 Å². The molecule has 0 aliphatic heterocycles. The number of rotatable bonds is 4. The highest BCUT2D eigenvalue weighted by molar-refractivity contribution is 5.83.